The zero-order valence-electron chi connectivity index (χ0n) is 55.2. The Balaban J connectivity index is 0.000000146. The van der Waals surface area contributed by atoms with Crippen LogP contribution in [0.5, 0.6) is 0 Å². The van der Waals surface area contributed by atoms with Crippen molar-refractivity contribution in [1.82, 2.24) is 0 Å². The molecule has 14 rings (SSSR count). The molecule has 0 spiro atoms. The van der Waals surface area contributed by atoms with Crippen LogP contribution in [-0.4, -0.2) is 131 Å². The molecule has 6 aliphatic carbocycles. The third kappa shape index (κ3) is 18.5. The van der Waals surface area contributed by atoms with Gasteiger partial charge in [0.2, 0.25) is 0 Å². The number of hydrogen-bond acceptors (Lipinski definition) is 20. The van der Waals surface area contributed by atoms with Crippen molar-refractivity contribution in [3.8, 4) is 33.4 Å². The Labute approximate surface area is 594 Å². The van der Waals surface area contributed by atoms with Gasteiger partial charge in [0.15, 0.2) is 11.6 Å². The number of hydrogen-bond donors (Lipinski definition) is 5. The number of benzene rings is 6. The first-order valence-electron chi connectivity index (χ1n) is 33.1. The van der Waals surface area contributed by atoms with Gasteiger partial charge in [-0.1, -0.05) is 146 Å². The van der Waals surface area contributed by atoms with E-state index in [2.05, 4.69) is 91.3 Å². The number of aliphatic hydroxyl groups is 3. The second kappa shape index (κ2) is 31.6. The fraction of sp³-hybridized carbons (Fsp3) is 0.458. The molecule has 2 heterocycles. The zero-order chi connectivity index (χ0) is 71.6. The Kier molecular flexibility index (Phi) is 24.0. The highest BCUT2D eigenvalue weighted by atomic mass is 36.0. The molecule has 0 aromatic heterocycles. The first-order chi connectivity index (χ1) is 47.3. The molecule has 8 aliphatic rings. The molecule has 5 fully saturated rings. The SMILES string of the molecule is CC1(C)O[C@@H]2[C@@H](CO)C[C@@H](CC(=O)OCC3c4ccccc4-c4ccccc43)[C@@H]2O1.CC1(C)O[C@@H]2[C@@H](COP(=O)([O-])[O-])C[C@@H](CC(=O)OCC3c4ccccc4-c4ccccc43)[C@@H]2O1.O=C(C[C@@H]1C[C@H](COP(=O)(O)O)[C@@H](O)[C@H]1O)OCC1c2ccccc2-c2ccccc21.O=P(Cl)(Cl)Cl. The summed E-state index contributed by atoms with van der Waals surface area (Å²) in [6, 6.07) is 48.9. The highest BCUT2D eigenvalue weighted by Crippen LogP contribution is 2.61. The maximum absolute atomic E-state index is 12.9. The lowest BCUT2D eigenvalue weighted by atomic mass is 9.98. The van der Waals surface area contributed by atoms with Gasteiger partial charge >= 0.3 is 30.9 Å². The molecule has 12 atom stereocenters. The van der Waals surface area contributed by atoms with Crippen LogP contribution in [0.1, 0.15) is 117 Å². The largest absolute Gasteiger partial charge is 0.790 e. The van der Waals surface area contributed by atoms with E-state index >= 15 is 0 Å². The van der Waals surface area contributed by atoms with Gasteiger partial charge in [-0.25, -0.2) is 4.57 Å². The van der Waals surface area contributed by atoms with Crippen molar-refractivity contribution in [1.29, 1.82) is 0 Å². The Hall–Kier alpha value is -5.23. The Morgan fingerprint density at radius 3 is 1.00 bits per heavy atom. The molecule has 0 unspecified atom stereocenters. The predicted octanol–water partition coefficient (Wildman–Crippen LogP) is 11.6. The summed E-state index contributed by atoms with van der Waals surface area (Å²) in [5.41, 5.74) is 13.9. The van der Waals surface area contributed by atoms with Gasteiger partial charge in [0, 0.05) is 42.1 Å². The van der Waals surface area contributed by atoms with Crippen LogP contribution in [-0.2, 0) is 70.3 Å². The summed E-state index contributed by atoms with van der Waals surface area (Å²) < 4.78 is 81.3. The molecule has 100 heavy (non-hydrogen) atoms. The minimum Gasteiger partial charge on any atom is -0.790 e. The fourth-order valence-corrected chi connectivity index (χ4v) is 16.5. The normalized spacial score (nSPS) is 26.3. The minimum atomic E-state index is -5.10. The maximum Gasteiger partial charge on any atom is 0.469 e. The standard InChI is InChI=1S/C25H29O8P.C25H28O5.C22H25O8P.Cl3OP/c1-25(2)32-23-15(11-16(24(23)33-25)13-31-34(27,28)29)12-22(26)30-14-21-19-9-5-3-7-17(19)18-8-4-6-10-20(18)21;1-25(2)29-23-15(11-16(13-26)24(23)30-25)12-22(27)28-14-21-19-9-5-3-7-17(19)18-8-4-6-10-20(18)21;23-20(10-13-9-14(22(25)21(13)24)11-30-31(26,27)28)29-12-19-17-7-3-1-5-15(17)16-6-2-4-8-18(16)19;1-5(2,3)4/h3-10,15-16,21,23-24H,11-14H2,1-2H3,(H2,27,28,29);3-10,15-16,21,23-24,26H,11-14H2,1-2H3;1-8,13-14,19,21-22,24-25H,9-12H2,(H2,26,27,28);/p-2/t2*15-,16+,23-,24+;13-,14+,21-,22+;/m000./s1. The van der Waals surface area contributed by atoms with Crippen molar-refractivity contribution in [2.75, 3.05) is 39.6 Å². The summed E-state index contributed by atoms with van der Waals surface area (Å²) in [6.07, 6.45) is -1.94. The van der Waals surface area contributed by atoms with Crippen molar-refractivity contribution in [2.45, 2.75) is 132 Å². The Morgan fingerprint density at radius 1 is 0.430 bits per heavy atom. The number of phosphoric ester groups is 2. The molecule has 6 aromatic rings. The van der Waals surface area contributed by atoms with E-state index in [1.807, 2.05) is 111 Å². The van der Waals surface area contributed by atoms with E-state index in [9.17, 15) is 53.2 Å². The lowest BCUT2D eigenvalue weighted by Gasteiger charge is -2.31. The van der Waals surface area contributed by atoms with Crippen LogP contribution in [0.3, 0.4) is 0 Å². The predicted molar refractivity (Wildman–Crippen MR) is 366 cm³/mol. The quantitative estimate of drug-likeness (QED) is 0.0286. The first-order valence-corrected chi connectivity index (χ1v) is 40.5. The highest BCUT2D eigenvalue weighted by Gasteiger charge is 2.56. The number of esters is 3. The molecule has 0 bridgehead atoms. The number of halogens is 3. The van der Waals surface area contributed by atoms with Crippen LogP contribution in [0.15, 0.2) is 146 Å². The number of phosphoric acid groups is 2. The molecule has 5 N–H and O–H groups in total. The molecular weight excluding hydrogens is 1420 g/mol. The zero-order valence-corrected chi connectivity index (χ0v) is 60.1. The lowest BCUT2D eigenvalue weighted by molar-refractivity contribution is -0.342. The van der Waals surface area contributed by atoms with E-state index in [0.717, 1.165) is 44.5 Å². The maximum atomic E-state index is 12.9. The smallest absolute Gasteiger partial charge is 0.469 e. The number of rotatable bonds is 19. The number of carbonyl (C=O) groups is 3. The van der Waals surface area contributed by atoms with E-state index in [-0.39, 0.29) is 118 Å². The van der Waals surface area contributed by atoms with Gasteiger partial charge in [-0.15, -0.1) is 0 Å². The molecule has 0 radical (unpaired) electrons. The van der Waals surface area contributed by atoms with E-state index in [0.29, 0.717) is 19.4 Å². The van der Waals surface area contributed by atoms with Gasteiger partial charge < -0.3 is 77.1 Å². The van der Waals surface area contributed by atoms with Gasteiger partial charge in [-0.3, -0.25) is 23.5 Å². The molecule has 3 saturated carbocycles. The van der Waals surface area contributed by atoms with E-state index in [4.69, 9.17) is 42.9 Å². The second-order valence-corrected chi connectivity index (χ2v) is 36.4. The van der Waals surface area contributed by atoms with Crippen LogP contribution >= 0.6 is 54.6 Å². The summed E-state index contributed by atoms with van der Waals surface area (Å²) in [6.45, 7) is 7.38. The van der Waals surface area contributed by atoms with E-state index in [1.165, 1.54) is 22.3 Å². The Bertz CT molecular complexity index is 3920. The number of fused-ring (bicyclic) bond motifs is 11. The van der Waals surface area contributed by atoms with Crippen LogP contribution < -0.4 is 9.79 Å². The molecule has 0 amide bonds. The van der Waals surface area contributed by atoms with Crippen molar-refractivity contribution >= 4 is 72.5 Å². The third-order valence-corrected chi connectivity index (χ3v) is 20.8. The van der Waals surface area contributed by atoms with E-state index in [1.54, 1.807) is 13.8 Å². The molecule has 28 heteroatoms. The van der Waals surface area contributed by atoms with Gasteiger partial charge in [0.1, 0.15) is 19.8 Å². The van der Waals surface area contributed by atoms with Crippen LogP contribution in [0.4, 0.5) is 0 Å². The van der Waals surface area contributed by atoms with Crippen molar-refractivity contribution in [3.05, 3.63) is 179 Å². The summed E-state index contributed by atoms with van der Waals surface area (Å²) in [5, 5.41) is 26.9. The van der Waals surface area contributed by atoms with Gasteiger partial charge in [0.25, 0.3) is 0 Å². The summed E-state index contributed by atoms with van der Waals surface area (Å²) >= 11 is 13.8. The number of ether oxygens (including phenoxy) is 7. The average molecular weight is 1500 g/mol. The highest BCUT2D eigenvalue weighted by molar-refractivity contribution is 8.24. The molecular formula is C72H80Cl3O22P3-2. The van der Waals surface area contributed by atoms with Crippen molar-refractivity contribution in [2.24, 2.45) is 35.5 Å². The minimum absolute atomic E-state index is 0.00293. The Morgan fingerprint density at radius 2 is 0.690 bits per heavy atom. The topological polar surface area (TPSA) is 333 Å². The van der Waals surface area contributed by atoms with Crippen molar-refractivity contribution < 1.29 is 105 Å². The average Bonchev–Trinajstić information content (AvgIpc) is 1.28. The number of carbonyl (C=O) groups excluding carboxylic acids is 3. The van der Waals surface area contributed by atoms with E-state index < -0.39 is 81.2 Å². The van der Waals surface area contributed by atoms with Crippen molar-refractivity contribution in [3.63, 3.8) is 0 Å². The summed E-state index contributed by atoms with van der Waals surface area (Å²) in [5.74, 6) is -4.47. The monoisotopic (exact) mass is 1490 g/mol. The molecule has 22 nitrogen and oxygen atoms in total. The molecule has 538 valence electrons. The van der Waals surface area contributed by atoms with Crippen LogP contribution in [0, 0.1) is 35.5 Å². The first kappa shape index (κ1) is 75.9. The fourth-order valence-electron chi connectivity index (χ4n) is 15.8. The summed E-state index contributed by atoms with van der Waals surface area (Å²) in [4.78, 5) is 77.7. The van der Waals surface area contributed by atoms with Gasteiger partial charge in [0.05, 0.1) is 76.9 Å². The lowest BCUT2D eigenvalue weighted by Crippen LogP contribution is -2.30. The second-order valence-electron chi connectivity index (χ2n) is 27.3. The van der Waals surface area contributed by atoms with Gasteiger partial charge in [-0.05, 0) is 165 Å². The van der Waals surface area contributed by atoms with Crippen LogP contribution in [0.2, 0.25) is 0 Å². The number of aliphatic hydroxyl groups excluding tert-OH is 3. The molecule has 2 aliphatic heterocycles. The molecule has 6 aromatic carbocycles. The van der Waals surface area contributed by atoms with Gasteiger partial charge in [-0.2, -0.15) is 0 Å². The summed E-state index contributed by atoms with van der Waals surface area (Å²) in [7, 11) is -9.77. The molecule has 2 saturated heterocycles. The third-order valence-electron chi connectivity index (χ3n) is 19.9. The van der Waals surface area contributed by atoms with Crippen LogP contribution in [0.25, 0.3) is 33.4 Å².